The second-order valence-corrected chi connectivity index (χ2v) is 5.91. The molecule has 0 atom stereocenters. The maximum atomic E-state index is 5.99. The van der Waals surface area contributed by atoms with Crippen LogP contribution in [0.2, 0.25) is 0 Å². The van der Waals surface area contributed by atoms with Crippen molar-refractivity contribution < 1.29 is 4.74 Å². The Morgan fingerprint density at radius 2 is 1.57 bits per heavy atom. The molecule has 1 fully saturated rings. The summed E-state index contributed by atoms with van der Waals surface area (Å²) in [7, 11) is 1.64. The molecule has 0 aromatic heterocycles. The van der Waals surface area contributed by atoms with E-state index in [0.717, 1.165) is 17.2 Å². The molecule has 0 saturated heterocycles. The maximum absolute atomic E-state index is 5.99. The summed E-state index contributed by atoms with van der Waals surface area (Å²) in [4.78, 5) is 0. The molecule has 1 saturated carbocycles. The van der Waals surface area contributed by atoms with Gasteiger partial charge in [-0.1, -0.05) is 49.6 Å². The van der Waals surface area contributed by atoms with Crippen LogP contribution >= 0.6 is 0 Å². The van der Waals surface area contributed by atoms with Gasteiger partial charge in [-0.05, 0) is 47.6 Å². The van der Waals surface area contributed by atoms with Crippen LogP contribution in [0.15, 0.2) is 42.5 Å². The maximum Gasteiger partial charge on any atom is 0.141 e. The highest BCUT2D eigenvalue weighted by Crippen LogP contribution is 2.34. The number of benzene rings is 2. The fourth-order valence-electron chi connectivity index (χ4n) is 3.30. The molecule has 2 nitrogen and oxygen atoms in total. The van der Waals surface area contributed by atoms with E-state index < -0.39 is 0 Å². The normalized spacial score (nSPS) is 15.9. The Morgan fingerprint density at radius 1 is 0.905 bits per heavy atom. The van der Waals surface area contributed by atoms with Crippen molar-refractivity contribution in [1.29, 1.82) is 0 Å². The lowest BCUT2D eigenvalue weighted by Gasteiger charge is -2.22. The molecule has 2 N–H and O–H groups in total. The Hall–Kier alpha value is -1.96. The van der Waals surface area contributed by atoms with E-state index in [1.54, 1.807) is 7.11 Å². The van der Waals surface area contributed by atoms with Crippen molar-refractivity contribution in [3.05, 3.63) is 48.0 Å². The Kier molecular flexibility index (Phi) is 4.14. The molecule has 21 heavy (non-hydrogen) atoms. The molecular formula is C19H23NO. The number of ether oxygens (including phenoxy) is 1. The van der Waals surface area contributed by atoms with Crippen LogP contribution in [0.5, 0.6) is 5.75 Å². The molecule has 0 radical (unpaired) electrons. The minimum Gasteiger partial charge on any atom is -0.495 e. The van der Waals surface area contributed by atoms with Crippen LogP contribution < -0.4 is 10.5 Å². The Bertz CT molecular complexity index is 597. The summed E-state index contributed by atoms with van der Waals surface area (Å²) in [5, 5.41) is 0. The fourth-order valence-corrected chi connectivity index (χ4v) is 3.30. The summed E-state index contributed by atoms with van der Waals surface area (Å²) in [5.41, 5.74) is 10.5. The number of nitrogen functional groups attached to an aromatic ring is 1. The third kappa shape index (κ3) is 3.05. The van der Waals surface area contributed by atoms with Crippen LogP contribution in [0.4, 0.5) is 5.69 Å². The smallest absolute Gasteiger partial charge is 0.141 e. The molecule has 0 unspecified atom stereocenters. The van der Waals surface area contributed by atoms with Crippen molar-refractivity contribution in [3.63, 3.8) is 0 Å². The lowest BCUT2D eigenvalue weighted by atomic mass is 9.84. The Balaban J connectivity index is 1.81. The molecule has 0 amide bonds. The molecule has 2 aromatic rings. The number of methoxy groups -OCH3 is 1. The molecular weight excluding hydrogens is 258 g/mol. The predicted octanol–water partition coefficient (Wildman–Crippen LogP) is 4.99. The van der Waals surface area contributed by atoms with Gasteiger partial charge in [0.1, 0.15) is 5.75 Å². The van der Waals surface area contributed by atoms with Gasteiger partial charge in [0.2, 0.25) is 0 Å². The summed E-state index contributed by atoms with van der Waals surface area (Å²) in [6.07, 6.45) is 6.84. The topological polar surface area (TPSA) is 35.2 Å². The van der Waals surface area contributed by atoms with E-state index in [-0.39, 0.29) is 0 Å². The third-order valence-corrected chi connectivity index (χ3v) is 4.55. The molecule has 2 heteroatoms. The van der Waals surface area contributed by atoms with Gasteiger partial charge in [0, 0.05) is 0 Å². The van der Waals surface area contributed by atoms with Gasteiger partial charge in [-0.25, -0.2) is 0 Å². The monoisotopic (exact) mass is 281 g/mol. The molecule has 1 aliphatic carbocycles. The van der Waals surface area contributed by atoms with Crippen LogP contribution in [-0.4, -0.2) is 7.11 Å². The van der Waals surface area contributed by atoms with E-state index in [9.17, 15) is 0 Å². The van der Waals surface area contributed by atoms with E-state index in [1.807, 2.05) is 12.1 Å². The van der Waals surface area contributed by atoms with Crippen molar-refractivity contribution in [2.24, 2.45) is 0 Å². The highest BCUT2D eigenvalue weighted by molar-refractivity contribution is 5.70. The summed E-state index contributed by atoms with van der Waals surface area (Å²) in [6, 6.07) is 15.0. The lowest BCUT2D eigenvalue weighted by molar-refractivity contribution is 0.417. The van der Waals surface area contributed by atoms with E-state index >= 15 is 0 Å². The summed E-state index contributed by atoms with van der Waals surface area (Å²) in [6.45, 7) is 0. The van der Waals surface area contributed by atoms with Crippen molar-refractivity contribution in [3.8, 4) is 16.9 Å². The third-order valence-electron chi connectivity index (χ3n) is 4.55. The van der Waals surface area contributed by atoms with Gasteiger partial charge in [0.25, 0.3) is 0 Å². The number of rotatable bonds is 3. The van der Waals surface area contributed by atoms with Gasteiger partial charge in [0.15, 0.2) is 0 Å². The molecule has 110 valence electrons. The molecule has 2 aromatic carbocycles. The van der Waals surface area contributed by atoms with Crippen LogP contribution in [0.25, 0.3) is 11.1 Å². The summed E-state index contributed by atoms with van der Waals surface area (Å²) in [5.74, 6) is 1.49. The minimum absolute atomic E-state index is 0.686. The Labute approximate surface area is 126 Å². The first kappa shape index (κ1) is 14.0. The largest absolute Gasteiger partial charge is 0.495 e. The van der Waals surface area contributed by atoms with E-state index in [4.69, 9.17) is 10.5 Å². The second kappa shape index (κ2) is 6.21. The fraction of sp³-hybridized carbons (Fsp3) is 0.368. The zero-order chi connectivity index (χ0) is 14.7. The quantitative estimate of drug-likeness (QED) is 0.804. The highest BCUT2D eigenvalue weighted by atomic mass is 16.5. The molecule has 3 rings (SSSR count). The van der Waals surface area contributed by atoms with Crippen molar-refractivity contribution >= 4 is 5.69 Å². The van der Waals surface area contributed by atoms with Gasteiger partial charge < -0.3 is 10.5 Å². The van der Waals surface area contributed by atoms with Crippen molar-refractivity contribution in [2.75, 3.05) is 12.8 Å². The van der Waals surface area contributed by atoms with Crippen LogP contribution in [0.1, 0.15) is 43.6 Å². The first-order chi connectivity index (χ1) is 10.3. The van der Waals surface area contributed by atoms with E-state index in [1.165, 1.54) is 43.2 Å². The first-order valence-corrected chi connectivity index (χ1v) is 7.82. The summed E-state index contributed by atoms with van der Waals surface area (Å²) >= 11 is 0. The standard InChI is InChI=1S/C19H23NO/c1-21-19-12-11-17(13-18(19)20)16-9-7-15(8-10-16)14-5-3-2-4-6-14/h7-14H,2-6,20H2,1H3. The van der Waals surface area contributed by atoms with Crippen LogP contribution in [0.3, 0.4) is 0 Å². The highest BCUT2D eigenvalue weighted by Gasteiger charge is 2.15. The number of hydrogen-bond donors (Lipinski definition) is 1. The average molecular weight is 281 g/mol. The molecule has 0 bridgehead atoms. The predicted molar refractivity (Wildman–Crippen MR) is 88.7 cm³/mol. The Morgan fingerprint density at radius 3 is 2.19 bits per heavy atom. The average Bonchev–Trinajstić information content (AvgIpc) is 2.56. The van der Waals surface area contributed by atoms with Gasteiger partial charge in [-0.3, -0.25) is 0 Å². The zero-order valence-corrected chi connectivity index (χ0v) is 12.6. The van der Waals surface area contributed by atoms with Gasteiger partial charge in [-0.2, -0.15) is 0 Å². The van der Waals surface area contributed by atoms with Crippen LogP contribution in [-0.2, 0) is 0 Å². The van der Waals surface area contributed by atoms with E-state index in [0.29, 0.717) is 5.69 Å². The molecule has 1 aliphatic rings. The number of anilines is 1. The van der Waals surface area contributed by atoms with Gasteiger partial charge in [-0.15, -0.1) is 0 Å². The number of hydrogen-bond acceptors (Lipinski definition) is 2. The zero-order valence-electron chi connectivity index (χ0n) is 12.6. The summed E-state index contributed by atoms with van der Waals surface area (Å²) < 4.78 is 5.21. The second-order valence-electron chi connectivity index (χ2n) is 5.91. The van der Waals surface area contributed by atoms with Gasteiger partial charge >= 0.3 is 0 Å². The van der Waals surface area contributed by atoms with E-state index in [2.05, 4.69) is 30.3 Å². The van der Waals surface area contributed by atoms with Crippen molar-refractivity contribution in [2.45, 2.75) is 38.0 Å². The molecule has 0 aliphatic heterocycles. The van der Waals surface area contributed by atoms with Gasteiger partial charge in [0.05, 0.1) is 12.8 Å². The minimum atomic E-state index is 0.686. The number of nitrogens with two attached hydrogens (primary N) is 1. The first-order valence-electron chi connectivity index (χ1n) is 7.82. The van der Waals surface area contributed by atoms with Crippen molar-refractivity contribution in [1.82, 2.24) is 0 Å². The lowest BCUT2D eigenvalue weighted by Crippen LogP contribution is -2.04. The molecule has 0 spiro atoms. The SMILES string of the molecule is COc1ccc(-c2ccc(C3CCCCC3)cc2)cc1N. The van der Waals surface area contributed by atoms with Crippen LogP contribution in [0, 0.1) is 0 Å². The molecule has 0 heterocycles.